The van der Waals surface area contributed by atoms with Crippen molar-refractivity contribution in [1.29, 1.82) is 0 Å². The van der Waals surface area contributed by atoms with Crippen LogP contribution in [-0.2, 0) is 4.79 Å². The van der Waals surface area contributed by atoms with Gasteiger partial charge in [0.25, 0.3) is 0 Å². The number of aromatic nitrogens is 2. The van der Waals surface area contributed by atoms with E-state index in [9.17, 15) is 15.0 Å². The third-order valence-corrected chi connectivity index (χ3v) is 5.91. The summed E-state index contributed by atoms with van der Waals surface area (Å²) in [5, 5.41) is 22.2. The molecule has 8 heteroatoms. The highest BCUT2D eigenvalue weighted by atomic mass is 16.5. The molecule has 1 aliphatic heterocycles. The van der Waals surface area contributed by atoms with Gasteiger partial charge in [0.05, 0.1) is 13.2 Å². The molecule has 3 aromatic rings. The predicted octanol–water partition coefficient (Wildman–Crippen LogP) is 2.00. The molecule has 0 radical (unpaired) electrons. The normalized spacial score (nSPS) is 15.4. The quantitative estimate of drug-likeness (QED) is 0.432. The van der Waals surface area contributed by atoms with Gasteiger partial charge < -0.3 is 24.8 Å². The number of hydrogen-bond donors (Lipinski definition) is 3. The van der Waals surface area contributed by atoms with Crippen LogP contribution < -0.4 is 10.1 Å². The van der Waals surface area contributed by atoms with E-state index in [1.807, 2.05) is 53.4 Å². The SMILES string of the molecule is CNC(=O)CN1CC(Oc2ccc(-c3ccc(C#C[C@@H](CO)n4ccnc4[C@H](C)O)cc3)cc2)C1. The molecule has 182 valence electrons. The number of aliphatic hydroxyl groups excluding tert-OH is 2. The van der Waals surface area contributed by atoms with Crippen LogP contribution in [0.15, 0.2) is 60.9 Å². The summed E-state index contributed by atoms with van der Waals surface area (Å²) in [7, 11) is 1.64. The lowest BCUT2D eigenvalue weighted by molar-refractivity contribution is -0.124. The van der Waals surface area contributed by atoms with Crippen molar-refractivity contribution in [2.75, 3.05) is 33.3 Å². The molecule has 0 saturated carbocycles. The number of amides is 1. The van der Waals surface area contributed by atoms with Crippen LogP contribution in [0.1, 0.15) is 30.5 Å². The van der Waals surface area contributed by atoms with Gasteiger partial charge in [-0.25, -0.2) is 4.98 Å². The Labute approximate surface area is 205 Å². The fourth-order valence-corrected chi connectivity index (χ4v) is 3.95. The first-order valence-corrected chi connectivity index (χ1v) is 11.6. The monoisotopic (exact) mass is 474 g/mol. The first kappa shape index (κ1) is 24.5. The Morgan fingerprint density at radius 2 is 1.83 bits per heavy atom. The molecule has 2 aromatic carbocycles. The third kappa shape index (κ3) is 6.08. The first-order valence-electron chi connectivity index (χ1n) is 11.6. The summed E-state index contributed by atoms with van der Waals surface area (Å²) in [5.41, 5.74) is 2.96. The summed E-state index contributed by atoms with van der Waals surface area (Å²) >= 11 is 0. The van der Waals surface area contributed by atoms with E-state index in [1.54, 1.807) is 30.9 Å². The average molecular weight is 475 g/mol. The van der Waals surface area contributed by atoms with Crippen molar-refractivity contribution >= 4 is 5.91 Å². The molecule has 1 fully saturated rings. The number of benzene rings is 2. The molecule has 0 bridgehead atoms. The number of imidazole rings is 1. The van der Waals surface area contributed by atoms with Crippen molar-refractivity contribution in [2.24, 2.45) is 0 Å². The first-order chi connectivity index (χ1) is 17.0. The molecule has 0 spiro atoms. The fourth-order valence-electron chi connectivity index (χ4n) is 3.95. The number of nitrogens with zero attached hydrogens (tertiary/aromatic N) is 3. The molecule has 1 amide bonds. The summed E-state index contributed by atoms with van der Waals surface area (Å²) in [6, 6.07) is 15.4. The maximum Gasteiger partial charge on any atom is 0.233 e. The van der Waals surface area contributed by atoms with Gasteiger partial charge in [-0.2, -0.15) is 0 Å². The number of ether oxygens (including phenoxy) is 1. The maximum absolute atomic E-state index is 11.4. The van der Waals surface area contributed by atoms with Crippen molar-refractivity contribution in [3.8, 4) is 28.7 Å². The molecule has 35 heavy (non-hydrogen) atoms. The summed E-state index contributed by atoms with van der Waals surface area (Å²) < 4.78 is 7.68. The topological polar surface area (TPSA) is 99.9 Å². The highest BCUT2D eigenvalue weighted by Crippen LogP contribution is 2.25. The van der Waals surface area contributed by atoms with Crippen molar-refractivity contribution in [2.45, 2.75) is 25.2 Å². The van der Waals surface area contributed by atoms with E-state index in [0.29, 0.717) is 12.4 Å². The molecule has 0 unspecified atom stereocenters. The van der Waals surface area contributed by atoms with Gasteiger partial charge in [0.1, 0.15) is 29.8 Å². The highest BCUT2D eigenvalue weighted by molar-refractivity contribution is 5.77. The summed E-state index contributed by atoms with van der Waals surface area (Å²) in [4.78, 5) is 17.6. The molecule has 0 aliphatic carbocycles. The zero-order valence-corrected chi connectivity index (χ0v) is 19.9. The summed E-state index contributed by atoms with van der Waals surface area (Å²) in [6.45, 7) is 3.35. The van der Waals surface area contributed by atoms with Crippen LogP contribution in [0.5, 0.6) is 5.75 Å². The Hall–Kier alpha value is -3.64. The van der Waals surface area contributed by atoms with Crippen molar-refractivity contribution < 1.29 is 19.7 Å². The maximum atomic E-state index is 11.4. The van der Waals surface area contributed by atoms with Crippen molar-refractivity contribution in [3.63, 3.8) is 0 Å². The van der Waals surface area contributed by atoms with E-state index >= 15 is 0 Å². The van der Waals surface area contributed by atoms with Gasteiger partial charge in [0, 0.05) is 38.1 Å². The zero-order valence-electron chi connectivity index (χ0n) is 19.9. The van der Waals surface area contributed by atoms with Crippen LogP contribution in [-0.4, -0.2) is 70.0 Å². The molecule has 4 rings (SSSR count). The smallest absolute Gasteiger partial charge is 0.233 e. The Kier molecular flexibility index (Phi) is 7.83. The average Bonchev–Trinajstić information content (AvgIpc) is 3.34. The Balaban J connectivity index is 1.35. The van der Waals surface area contributed by atoms with E-state index in [2.05, 4.69) is 22.1 Å². The van der Waals surface area contributed by atoms with Gasteiger partial charge in [-0.15, -0.1) is 0 Å². The van der Waals surface area contributed by atoms with E-state index in [4.69, 9.17) is 4.74 Å². The predicted molar refractivity (Wildman–Crippen MR) is 133 cm³/mol. The highest BCUT2D eigenvalue weighted by Gasteiger charge is 2.29. The minimum Gasteiger partial charge on any atom is -0.488 e. The minimum atomic E-state index is -0.741. The molecule has 2 heterocycles. The van der Waals surface area contributed by atoms with Crippen LogP contribution in [0, 0.1) is 11.8 Å². The van der Waals surface area contributed by atoms with Crippen molar-refractivity contribution in [1.82, 2.24) is 19.8 Å². The molecule has 1 aromatic heterocycles. The van der Waals surface area contributed by atoms with Gasteiger partial charge in [-0.05, 0) is 42.3 Å². The number of likely N-dealkylation sites (N-methyl/N-ethyl adjacent to an activating group) is 1. The van der Waals surface area contributed by atoms with Crippen LogP contribution in [0.2, 0.25) is 0 Å². The number of aliphatic hydroxyl groups is 2. The second kappa shape index (κ2) is 11.2. The minimum absolute atomic E-state index is 0.0154. The van der Waals surface area contributed by atoms with Crippen LogP contribution in [0.3, 0.4) is 0 Å². The number of nitrogens with one attached hydrogen (secondary N) is 1. The second-order valence-electron chi connectivity index (χ2n) is 8.55. The van der Waals surface area contributed by atoms with E-state index in [1.165, 1.54) is 0 Å². The largest absolute Gasteiger partial charge is 0.488 e. The number of carbonyl (C=O) groups excluding carboxylic acids is 1. The summed E-state index contributed by atoms with van der Waals surface area (Å²) in [6.07, 6.45) is 2.66. The van der Waals surface area contributed by atoms with Crippen LogP contribution in [0.25, 0.3) is 11.1 Å². The zero-order chi connectivity index (χ0) is 24.8. The van der Waals surface area contributed by atoms with Crippen LogP contribution >= 0.6 is 0 Å². The lowest BCUT2D eigenvalue weighted by Crippen LogP contribution is -2.56. The third-order valence-electron chi connectivity index (χ3n) is 5.91. The number of hydrogen-bond acceptors (Lipinski definition) is 6. The van der Waals surface area contributed by atoms with Gasteiger partial charge >= 0.3 is 0 Å². The van der Waals surface area contributed by atoms with E-state index < -0.39 is 12.1 Å². The summed E-state index contributed by atoms with van der Waals surface area (Å²) in [5.74, 6) is 7.47. The standard InChI is InChI=1S/C27H30N4O4/c1-19(33)27-29-13-14-31(27)23(18-32)10-5-20-3-6-21(7-4-20)22-8-11-24(12-9-22)35-25-15-30(16-25)17-26(34)28-2/h3-4,6-9,11-14,19,23,25,32-33H,15-18H2,1-2H3,(H,28,34)/t19-,23-/m0/s1. The van der Waals surface area contributed by atoms with Crippen molar-refractivity contribution in [3.05, 3.63) is 72.3 Å². The van der Waals surface area contributed by atoms with Crippen LogP contribution in [0.4, 0.5) is 0 Å². The van der Waals surface area contributed by atoms with Gasteiger partial charge in [-0.3, -0.25) is 9.69 Å². The molecule has 3 N–H and O–H groups in total. The van der Waals surface area contributed by atoms with Gasteiger partial charge in [0.2, 0.25) is 5.91 Å². The van der Waals surface area contributed by atoms with Gasteiger partial charge in [-0.1, -0.05) is 36.1 Å². The lowest BCUT2D eigenvalue weighted by Gasteiger charge is -2.38. The van der Waals surface area contributed by atoms with E-state index in [0.717, 1.165) is 35.5 Å². The number of rotatable bonds is 8. The Morgan fingerprint density at radius 3 is 2.43 bits per heavy atom. The number of carbonyl (C=O) groups is 1. The second-order valence-corrected chi connectivity index (χ2v) is 8.55. The lowest BCUT2D eigenvalue weighted by atomic mass is 10.0. The van der Waals surface area contributed by atoms with Gasteiger partial charge in [0.15, 0.2) is 0 Å². The Bertz CT molecular complexity index is 1190. The number of likely N-dealkylation sites (tertiary alicyclic amines) is 1. The molecule has 8 nitrogen and oxygen atoms in total. The molecule has 1 saturated heterocycles. The fraction of sp³-hybridized carbons (Fsp3) is 0.333. The van der Waals surface area contributed by atoms with E-state index in [-0.39, 0.29) is 18.6 Å². The molecule has 2 atom stereocenters. The molecule has 1 aliphatic rings. The Morgan fingerprint density at radius 1 is 1.17 bits per heavy atom. The molecular weight excluding hydrogens is 444 g/mol. The molecular formula is C27H30N4O4.